The molecule has 2 N–H and O–H groups in total. The van der Waals surface area contributed by atoms with Crippen molar-refractivity contribution in [2.75, 3.05) is 6.54 Å². The third-order valence-corrected chi connectivity index (χ3v) is 0.582. The van der Waals surface area contributed by atoms with Crippen molar-refractivity contribution in [2.24, 2.45) is 5.73 Å². The summed E-state index contributed by atoms with van der Waals surface area (Å²) in [4.78, 5) is 9.83. The van der Waals surface area contributed by atoms with E-state index in [-0.39, 0.29) is 5.12 Å². The molecule has 0 aromatic rings. The fourth-order valence-corrected chi connectivity index (χ4v) is 0.253. The van der Waals surface area contributed by atoms with E-state index in [0.29, 0.717) is 13.0 Å². The summed E-state index contributed by atoms with van der Waals surface area (Å²) < 4.78 is 0. The molecule has 6 heavy (non-hydrogen) atoms. The van der Waals surface area contributed by atoms with Gasteiger partial charge in [-0.1, -0.05) is 0 Å². The number of carbonyl (C=O) groups is 1. The molecule has 36 valence electrons. The van der Waals surface area contributed by atoms with Crippen LogP contribution in [0.15, 0.2) is 0 Å². The first-order valence-corrected chi connectivity index (χ1v) is 2.14. The lowest BCUT2D eigenvalue weighted by Crippen LogP contribution is -2.01. The van der Waals surface area contributed by atoms with E-state index in [0.717, 1.165) is 0 Å². The van der Waals surface area contributed by atoms with Gasteiger partial charge in [-0.2, -0.15) is 0 Å². The van der Waals surface area contributed by atoms with Gasteiger partial charge in [-0.25, -0.2) is 0 Å². The summed E-state index contributed by atoms with van der Waals surface area (Å²) in [7, 11) is 0. The van der Waals surface area contributed by atoms with Crippen LogP contribution in [0.4, 0.5) is 0 Å². The van der Waals surface area contributed by atoms with E-state index in [4.69, 9.17) is 5.73 Å². The lowest BCUT2D eigenvalue weighted by atomic mass is 10.5. The molecule has 0 aliphatic heterocycles. The number of thiol groups is 1. The molecule has 0 saturated carbocycles. The minimum Gasteiger partial charge on any atom is -0.330 e. The molecule has 0 spiro atoms. The third kappa shape index (κ3) is 3.98. The monoisotopic (exact) mass is 105 g/mol. The Morgan fingerprint density at radius 3 is 2.33 bits per heavy atom. The van der Waals surface area contributed by atoms with E-state index in [1.54, 1.807) is 0 Å². The summed E-state index contributed by atoms with van der Waals surface area (Å²) in [6.07, 6.45) is 0.378. The Morgan fingerprint density at radius 2 is 2.33 bits per heavy atom. The molecule has 0 unspecified atom stereocenters. The first-order chi connectivity index (χ1) is 2.77. The molecule has 0 heterocycles. The normalized spacial score (nSPS) is 8.33. The molecular weight excluding hydrogens is 98.1 g/mol. The zero-order chi connectivity index (χ0) is 4.99. The number of carbonyl (C=O) groups excluding carboxylic acids is 1. The predicted molar refractivity (Wildman–Crippen MR) is 27.7 cm³/mol. The number of hydrogen-bond donors (Lipinski definition) is 2. The van der Waals surface area contributed by atoms with Gasteiger partial charge in [0.25, 0.3) is 0 Å². The third-order valence-electron chi connectivity index (χ3n) is 0.358. The number of nitrogens with two attached hydrogens (primary N) is 1. The van der Waals surface area contributed by atoms with Gasteiger partial charge in [0, 0.05) is 13.0 Å². The standard InChI is InChI=1S/C3H7NOS/c4-2-1-3(5)6/h1-2,4H2,(H,5,6). The second kappa shape index (κ2) is 3.18. The van der Waals surface area contributed by atoms with Crippen molar-refractivity contribution in [3.05, 3.63) is 0 Å². The molecule has 0 fully saturated rings. The van der Waals surface area contributed by atoms with Crippen molar-refractivity contribution >= 4 is 17.7 Å². The van der Waals surface area contributed by atoms with Crippen LogP contribution in [0.25, 0.3) is 0 Å². The Bertz CT molecular complexity index is 54.8. The van der Waals surface area contributed by atoms with E-state index in [2.05, 4.69) is 12.6 Å². The maximum atomic E-state index is 9.83. The van der Waals surface area contributed by atoms with Gasteiger partial charge in [-0.15, -0.1) is 12.6 Å². The average Bonchev–Trinajstić information content (AvgIpc) is 1.35. The van der Waals surface area contributed by atoms with E-state index in [1.807, 2.05) is 0 Å². The van der Waals surface area contributed by atoms with E-state index < -0.39 is 0 Å². The molecule has 2 nitrogen and oxygen atoms in total. The van der Waals surface area contributed by atoms with Crippen molar-refractivity contribution in [1.29, 1.82) is 0 Å². The smallest absolute Gasteiger partial charge is 0.187 e. The second-order valence-corrected chi connectivity index (χ2v) is 1.43. The van der Waals surface area contributed by atoms with Crippen molar-refractivity contribution < 1.29 is 4.79 Å². The SMILES string of the molecule is NCCC(=O)S. The quantitative estimate of drug-likeness (QED) is 0.477. The van der Waals surface area contributed by atoms with Crippen LogP contribution in [-0.4, -0.2) is 11.7 Å². The highest BCUT2D eigenvalue weighted by Gasteiger charge is 1.85. The summed E-state index contributed by atoms with van der Waals surface area (Å²) >= 11 is 3.46. The fourth-order valence-electron chi connectivity index (χ4n) is 0.123. The van der Waals surface area contributed by atoms with Gasteiger partial charge in [0.05, 0.1) is 0 Å². The van der Waals surface area contributed by atoms with Crippen LogP contribution < -0.4 is 5.73 Å². The summed E-state index contributed by atoms with van der Waals surface area (Å²) in [6, 6.07) is 0. The average molecular weight is 105 g/mol. The molecule has 0 atom stereocenters. The molecule has 0 aliphatic rings. The fraction of sp³-hybridized carbons (Fsp3) is 0.667. The Morgan fingerprint density at radius 1 is 1.83 bits per heavy atom. The Labute approximate surface area is 42.1 Å². The molecule has 0 rings (SSSR count). The molecule has 0 aromatic carbocycles. The van der Waals surface area contributed by atoms with Gasteiger partial charge in [0.15, 0.2) is 5.12 Å². The highest BCUT2D eigenvalue weighted by atomic mass is 32.1. The topological polar surface area (TPSA) is 43.1 Å². The molecule has 0 saturated heterocycles. The van der Waals surface area contributed by atoms with Gasteiger partial charge >= 0.3 is 0 Å². The Hall–Kier alpha value is -0.0200. The summed E-state index contributed by atoms with van der Waals surface area (Å²) in [5, 5.41) is -0.141. The van der Waals surface area contributed by atoms with Crippen LogP contribution in [0.1, 0.15) is 6.42 Å². The summed E-state index contributed by atoms with van der Waals surface area (Å²) in [5.41, 5.74) is 4.96. The summed E-state index contributed by atoms with van der Waals surface area (Å²) in [6.45, 7) is 0.405. The van der Waals surface area contributed by atoms with Gasteiger partial charge in [-0.05, 0) is 0 Å². The van der Waals surface area contributed by atoms with Gasteiger partial charge < -0.3 is 5.73 Å². The van der Waals surface area contributed by atoms with Crippen molar-refractivity contribution in [3.8, 4) is 0 Å². The van der Waals surface area contributed by atoms with Crippen LogP contribution in [0, 0.1) is 0 Å². The van der Waals surface area contributed by atoms with Gasteiger partial charge in [0.1, 0.15) is 0 Å². The zero-order valence-corrected chi connectivity index (χ0v) is 4.24. The van der Waals surface area contributed by atoms with Crippen LogP contribution in [0.3, 0.4) is 0 Å². The van der Waals surface area contributed by atoms with Gasteiger partial charge in [-0.3, -0.25) is 4.79 Å². The lowest BCUT2D eigenvalue weighted by molar-refractivity contribution is -0.110. The minimum atomic E-state index is -0.141. The molecular formula is C3H7NOS. The van der Waals surface area contributed by atoms with Gasteiger partial charge in [0.2, 0.25) is 0 Å². The van der Waals surface area contributed by atoms with Crippen LogP contribution in [0.2, 0.25) is 0 Å². The molecule has 0 amide bonds. The summed E-state index contributed by atoms with van der Waals surface area (Å²) in [5.74, 6) is 0. The lowest BCUT2D eigenvalue weighted by Gasteiger charge is -1.80. The first kappa shape index (κ1) is 5.98. The molecule has 0 bridgehead atoms. The van der Waals surface area contributed by atoms with E-state index >= 15 is 0 Å². The highest BCUT2D eigenvalue weighted by molar-refractivity contribution is 7.96. The molecule has 3 heteroatoms. The Balaban J connectivity index is 2.83. The van der Waals surface area contributed by atoms with Crippen molar-refractivity contribution in [1.82, 2.24) is 0 Å². The molecule has 0 radical (unpaired) electrons. The van der Waals surface area contributed by atoms with Crippen LogP contribution in [0.5, 0.6) is 0 Å². The maximum absolute atomic E-state index is 9.83. The van der Waals surface area contributed by atoms with Crippen LogP contribution >= 0.6 is 12.6 Å². The van der Waals surface area contributed by atoms with Crippen LogP contribution in [-0.2, 0) is 4.79 Å². The Kier molecular flexibility index (Phi) is 3.17. The van der Waals surface area contributed by atoms with Crippen molar-refractivity contribution in [2.45, 2.75) is 6.42 Å². The van der Waals surface area contributed by atoms with Crippen molar-refractivity contribution in [3.63, 3.8) is 0 Å². The predicted octanol–water partition coefficient (Wildman–Crippen LogP) is -0.208. The molecule has 0 aromatic heterocycles. The maximum Gasteiger partial charge on any atom is 0.187 e. The minimum absolute atomic E-state index is 0.141. The van der Waals surface area contributed by atoms with E-state index in [1.165, 1.54) is 0 Å². The van der Waals surface area contributed by atoms with E-state index in [9.17, 15) is 4.79 Å². The first-order valence-electron chi connectivity index (χ1n) is 1.69. The second-order valence-electron chi connectivity index (χ2n) is 0.932. The zero-order valence-electron chi connectivity index (χ0n) is 3.35. The molecule has 0 aliphatic carbocycles. The number of hydrogen-bond acceptors (Lipinski definition) is 2. The number of rotatable bonds is 2. The highest BCUT2D eigenvalue weighted by Crippen LogP contribution is 1.80. The largest absolute Gasteiger partial charge is 0.330 e.